The topological polar surface area (TPSA) is 68.5 Å². The van der Waals surface area contributed by atoms with Crippen molar-refractivity contribution in [2.24, 2.45) is 4.99 Å². The van der Waals surface area contributed by atoms with Gasteiger partial charge in [0, 0.05) is 17.8 Å². The molecule has 3 aliphatic rings. The van der Waals surface area contributed by atoms with Crippen LogP contribution in [0.5, 0.6) is 0 Å². The molecule has 9 heteroatoms. The summed E-state index contributed by atoms with van der Waals surface area (Å²) in [6.45, 7) is 0. The van der Waals surface area contributed by atoms with Crippen LogP contribution in [0.1, 0.15) is 18.4 Å². The van der Waals surface area contributed by atoms with Gasteiger partial charge in [-0.2, -0.15) is 18.4 Å². The first-order valence-corrected chi connectivity index (χ1v) is 10.3. The van der Waals surface area contributed by atoms with E-state index < -0.39 is 11.8 Å². The first kappa shape index (κ1) is 20.3. The smallest absolute Gasteiger partial charge is 0.353 e. The molecule has 0 aromatic heterocycles. The number of alkyl halides is 3. The fourth-order valence-corrected chi connectivity index (χ4v) is 4.22. The summed E-state index contributed by atoms with van der Waals surface area (Å²) in [6, 6.07) is 9.49. The fraction of sp³-hybridized carbons (Fsp3) is 0.286. The van der Waals surface area contributed by atoms with Crippen molar-refractivity contribution in [2.45, 2.75) is 30.7 Å². The number of nitrogens with one attached hydrogen (secondary N) is 1. The van der Waals surface area contributed by atoms with Crippen LogP contribution in [0, 0.1) is 11.3 Å². The van der Waals surface area contributed by atoms with E-state index in [4.69, 9.17) is 0 Å². The highest BCUT2D eigenvalue weighted by atomic mass is 32.2. The van der Waals surface area contributed by atoms with Gasteiger partial charge in [-0.25, -0.2) is 4.99 Å². The van der Waals surface area contributed by atoms with Crippen molar-refractivity contribution >= 4 is 22.7 Å². The van der Waals surface area contributed by atoms with E-state index in [9.17, 15) is 23.2 Å². The van der Waals surface area contributed by atoms with E-state index in [0.29, 0.717) is 0 Å². The number of rotatable bonds is 4. The zero-order valence-corrected chi connectivity index (χ0v) is 16.5. The Balaban J connectivity index is 1.82. The SMILES string of the molecule is N#CC1=C2C=CC=CN2C(c2ccccc2)(C(F)(F)F)N=C1SCC(=O)NC1CC1. The molecular formula is C21H17F3N4OS. The molecule has 1 saturated carbocycles. The van der Waals surface area contributed by atoms with Gasteiger partial charge in [-0.3, -0.25) is 4.79 Å². The number of thioether (sulfide) groups is 1. The summed E-state index contributed by atoms with van der Waals surface area (Å²) >= 11 is 0.850. The number of hydrogen-bond donors (Lipinski definition) is 1. The van der Waals surface area contributed by atoms with Crippen LogP contribution in [-0.2, 0) is 10.5 Å². The van der Waals surface area contributed by atoms with Gasteiger partial charge in [0.2, 0.25) is 5.91 Å². The third-order valence-corrected chi connectivity index (χ3v) is 5.88. The van der Waals surface area contributed by atoms with Crippen LogP contribution in [0.3, 0.4) is 0 Å². The molecule has 4 rings (SSSR count). The molecule has 1 aromatic rings. The lowest BCUT2D eigenvalue weighted by molar-refractivity contribution is -0.222. The minimum Gasteiger partial charge on any atom is -0.353 e. The van der Waals surface area contributed by atoms with Gasteiger partial charge in [-0.15, -0.1) is 0 Å². The first-order chi connectivity index (χ1) is 14.4. The lowest BCUT2D eigenvalue weighted by Crippen LogP contribution is -2.55. The van der Waals surface area contributed by atoms with Gasteiger partial charge < -0.3 is 10.2 Å². The van der Waals surface area contributed by atoms with Crippen LogP contribution in [0.15, 0.2) is 71.0 Å². The third kappa shape index (κ3) is 3.52. The quantitative estimate of drug-likeness (QED) is 0.784. The van der Waals surface area contributed by atoms with Crippen molar-refractivity contribution < 1.29 is 18.0 Å². The van der Waals surface area contributed by atoms with Gasteiger partial charge in [0.05, 0.1) is 11.4 Å². The zero-order chi connectivity index (χ0) is 21.4. The largest absolute Gasteiger partial charge is 0.437 e. The summed E-state index contributed by atoms with van der Waals surface area (Å²) in [5.74, 6) is -0.401. The summed E-state index contributed by atoms with van der Waals surface area (Å²) < 4.78 is 43.9. The first-order valence-electron chi connectivity index (χ1n) is 9.30. The number of halogens is 3. The zero-order valence-electron chi connectivity index (χ0n) is 15.7. The Labute approximate surface area is 175 Å². The molecule has 0 spiro atoms. The van der Waals surface area contributed by atoms with Gasteiger partial charge in [-0.1, -0.05) is 48.2 Å². The average Bonchev–Trinajstić information content (AvgIpc) is 3.55. The molecule has 5 nitrogen and oxygen atoms in total. The van der Waals surface area contributed by atoms with Crippen LogP contribution in [0.25, 0.3) is 0 Å². The van der Waals surface area contributed by atoms with Crippen molar-refractivity contribution in [3.05, 3.63) is 71.6 Å². The minimum atomic E-state index is -4.79. The number of aliphatic imine (C=N–C) groups is 1. The standard InChI is InChI=1S/C21H17F3N4OS/c22-21(23,24)20(14-6-2-1-3-7-14)27-19(30-13-18(29)26-15-9-10-15)16(12-25)17-8-4-5-11-28(17)20/h1-8,11,15H,9-10,13H2,(H,26,29). The summed E-state index contributed by atoms with van der Waals surface area (Å²) in [5, 5.41) is 12.4. The number of nitriles is 1. The Kier molecular flexibility index (Phi) is 5.20. The Bertz CT molecular complexity index is 1020. The molecule has 1 amide bonds. The molecule has 2 aliphatic heterocycles. The van der Waals surface area contributed by atoms with Gasteiger partial charge in [0.25, 0.3) is 5.66 Å². The molecule has 1 fully saturated rings. The van der Waals surface area contributed by atoms with E-state index in [1.807, 2.05) is 6.07 Å². The van der Waals surface area contributed by atoms with Crippen molar-refractivity contribution in [3.8, 4) is 6.07 Å². The number of fused-ring (bicyclic) bond motifs is 1. The van der Waals surface area contributed by atoms with Crippen molar-refractivity contribution in [1.82, 2.24) is 10.2 Å². The van der Waals surface area contributed by atoms with E-state index >= 15 is 0 Å². The number of carbonyl (C=O) groups is 1. The second-order valence-electron chi connectivity index (χ2n) is 7.03. The molecular weight excluding hydrogens is 413 g/mol. The number of carbonyl (C=O) groups excluding carboxylic acids is 1. The molecule has 1 aliphatic carbocycles. The molecule has 1 atom stereocenters. The van der Waals surface area contributed by atoms with Crippen molar-refractivity contribution in [1.29, 1.82) is 5.26 Å². The Hall–Kier alpha value is -2.99. The summed E-state index contributed by atoms with van der Waals surface area (Å²) in [5.41, 5.74) is -2.70. The lowest BCUT2D eigenvalue weighted by Gasteiger charge is -2.45. The van der Waals surface area contributed by atoms with Crippen molar-refractivity contribution in [3.63, 3.8) is 0 Å². The second-order valence-corrected chi connectivity index (χ2v) is 7.99. The maximum Gasteiger partial charge on any atom is 0.437 e. The van der Waals surface area contributed by atoms with E-state index in [-0.39, 0.29) is 39.6 Å². The van der Waals surface area contributed by atoms with Gasteiger partial charge >= 0.3 is 6.18 Å². The number of hydrogen-bond acceptors (Lipinski definition) is 5. The summed E-state index contributed by atoms with van der Waals surface area (Å²) in [6.07, 6.45) is 2.79. The highest BCUT2D eigenvalue weighted by molar-refractivity contribution is 8.15. The van der Waals surface area contributed by atoms with E-state index in [0.717, 1.165) is 29.5 Å². The maximum atomic E-state index is 14.6. The monoisotopic (exact) mass is 430 g/mol. The number of nitrogens with zero attached hydrogens (tertiary/aromatic N) is 3. The molecule has 1 unspecified atom stereocenters. The Morgan fingerprint density at radius 3 is 2.67 bits per heavy atom. The summed E-state index contributed by atoms with van der Waals surface area (Å²) in [4.78, 5) is 17.2. The number of allylic oxidation sites excluding steroid dienone is 3. The summed E-state index contributed by atoms with van der Waals surface area (Å²) in [7, 11) is 0. The molecule has 0 saturated heterocycles. The van der Waals surface area contributed by atoms with Crippen LogP contribution in [0.2, 0.25) is 0 Å². The molecule has 154 valence electrons. The Morgan fingerprint density at radius 2 is 2.03 bits per heavy atom. The molecule has 0 radical (unpaired) electrons. The predicted molar refractivity (Wildman–Crippen MR) is 108 cm³/mol. The van der Waals surface area contributed by atoms with E-state index in [1.165, 1.54) is 42.6 Å². The number of benzene rings is 1. The van der Waals surface area contributed by atoms with E-state index in [2.05, 4.69) is 10.3 Å². The molecule has 1 N–H and O–H groups in total. The minimum absolute atomic E-state index is 0.00984. The maximum absolute atomic E-state index is 14.6. The van der Waals surface area contributed by atoms with Crippen LogP contribution >= 0.6 is 11.8 Å². The average molecular weight is 430 g/mol. The predicted octanol–water partition coefficient (Wildman–Crippen LogP) is 3.99. The normalized spacial score (nSPS) is 23.0. The molecule has 0 bridgehead atoms. The van der Waals surface area contributed by atoms with Crippen LogP contribution in [0.4, 0.5) is 13.2 Å². The van der Waals surface area contributed by atoms with Gasteiger partial charge in [-0.05, 0) is 25.0 Å². The highest BCUT2D eigenvalue weighted by Crippen LogP contribution is 2.51. The molecule has 30 heavy (non-hydrogen) atoms. The van der Waals surface area contributed by atoms with Crippen molar-refractivity contribution in [2.75, 3.05) is 5.75 Å². The van der Waals surface area contributed by atoms with Crippen LogP contribution in [-0.4, -0.2) is 33.8 Å². The van der Waals surface area contributed by atoms with Gasteiger partial charge in [0.1, 0.15) is 16.7 Å². The molecule has 2 heterocycles. The Morgan fingerprint density at radius 1 is 1.30 bits per heavy atom. The number of amides is 1. The second kappa shape index (κ2) is 7.69. The fourth-order valence-electron chi connectivity index (χ4n) is 3.37. The van der Waals surface area contributed by atoms with Crippen LogP contribution < -0.4 is 5.32 Å². The van der Waals surface area contributed by atoms with Gasteiger partial charge in [0.15, 0.2) is 0 Å². The third-order valence-electron chi connectivity index (χ3n) is 4.91. The highest BCUT2D eigenvalue weighted by Gasteiger charge is 2.62. The van der Waals surface area contributed by atoms with E-state index in [1.54, 1.807) is 12.1 Å². The molecule has 1 aromatic carbocycles. The lowest BCUT2D eigenvalue weighted by atomic mass is 9.93.